The quantitative estimate of drug-likeness (QED) is 0.674. The Morgan fingerprint density at radius 1 is 1.31 bits per heavy atom. The highest BCUT2D eigenvalue weighted by Gasteiger charge is 2.07. The zero-order valence-corrected chi connectivity index (χ0v) is 14.1. The highest BCUT2D eigenvalue weighted by atomic mass is 19.1. The smallest absolute Gasteiger partial charge is 0.244 e. The molecular weight excluding hydrogens is 335 g/mol. The first-order valence-electron chi connectivity index (χ1n) is 7.99. The van der Waals surface area contributed by atoms with Crippen LogP contribution in [0.15, 0.2) is 65.4 Å². The summed E-state index contributed by atoms with van der Waals surface area (Å²) in [7, 11) is 0. The van der Waals surface area contributed by atoms with Crippen molar-refractivity contribution in [3.8, 4) is 11.5 Å². The summed E-state index contributed by atoms with van der Waals surface area (Å²) in [6.07, 6.45) is 6.05. The lowest BCUT2D eigenvalue weighted by Crippen LogP contribution is -2.20. The van der Waals surface area contributed by atoms with Gasteiger partial charge in [-0.25, -0.2) is 4.39 Å². The van der Waals surface area contributed by atoms with Crippen LogP contribution in [0.3, 0.4) is 0 Å². The van der Waals surface area contributed by atoms with E-state index < -0.39 is 5.82 Å². The second-order valence-corrected chi connectivity index (χ2v) is 5.56. The number of benzene rings is 1. The minimum Gasteiger partial charge on any atom is -0.462 e. The summed E-state index contributed by atoms with van der Waals surface area (Å²) >= 11 is 0. The topological polar surface area (TPSA) is 64.4 Å². The van der Waals surface area contributed by atoms with Gasteiger partial charge in [-0.1, -0.05) is 6.07 Å². The van der Waals surface area contributed by atoms with Crippen molar-refractivity contribution in [2.24, 2.45) is 0 Å². The molecule has 3 aromatic rings. The fraction of sp³-hybridized carbons (Fsp3) is 0.100. The van der Waals surface area contributed by atoms with Crippen molar-refractivity contribution in [2.45, 2.75) is 13.5 Å². The second kappa shape index (κ2) is 8.11. The molecule has 2 aromatic heterocycles. The molecule has 5 nitrogen and oxygen atoms in total. The predicted octanol–water partition coefficient (Wildman–Crippen LogP) is 4.24. The van der Waals surface area contributed by atoms with Gasteiger partial charge in [-0.15, -0.1) is 0 Å². The number of halogens is 1. The van der Waals surface area contributed by atoms with Gasteiger partial charge in [0.25, 0.3) is 0 Å². The number of nitrogens with one attached hydrogen (secondary N) is 1. The minimum absolute atomic E-state index is 0.0983. The standard InChI is InChI=1S/C20H17FN2O3/c1-14-4-6-16(25-14)7-9-20(24)23-12-15-5-8-19(18(21)11-15)26-17-3-2-10-22-13-17/h2-11,13H,12H2,1H3,(H,23,24). The number of furan rings is 1. The molecule has 1 aromatic carbocycles. The molecular formula is C20H17FN2O3. The van der Waals surface area contributed by atoms with Crippen LogP contribution in [0.25, 0.3) is 6.08 Å². The number of hydrogen-bond acceptors (Lipinski definition) is 4. The molecule has 0 saturated carbocycles. The molecule has 0 atom stereocenters. The van der Waals surface area contributed by atoms with Crippen LogP contribution in [0.1, 0.15) is 17.1 Å². The molecule has 132 valence electrons. The summed E-state index contributed by atoms with van der Waals surface area (Å²) in [4.78, 5) is 15.7. The molecule has 0 aliphatic heterocycles. The normalized spacial score (nSPS) is 10.8. The van der Waals surface area contributed by atoms with Crippen molar-refractivity contribution in [1.29, 1.82) is 0 Å². The maximum Gasteiger partial charge on any atom is 0.244 e. The van der Waals surface area contributed by atoms with Crippen molar-refractivity contribution in [3.63, 3.8) is 0 Å². The number of pyridine rings is 1. The average molecular weight is 352 g/mol. The Morgan fingerprint density at radius 2 is 2.19 bits per heavy atom. The molecule has 1 N–H and O–H groups in total. The van der Waals surface area contributed by atoms with Crippen LogP contribution in [-0.4, -0.2) is 10.9 Å². The lowest BCUT2D eigenvalue weighted by Gasteiger charge is -2.08. The Balaban J connectivity index is 1.56. The molecule has 0 unspecified atom stereocenters. The van der Waals surface area contributed by atoms with Crippen LogP contribution in [0.4, 0.5) is 4.39 Å². The number of aryl methyl sites for hydroxylation is 1. The lowest BCUT2D eigenvalue weighted by atomic mass is 10.2. The van der Waals surface area contributed by atoms with E-state index in [1.54, 1.807) is 36.5 Å². The Kier molecular flexibility index (Phi) is 5.43. The number of nitrogens with zero attached hydrogens (tertiary/aromatic N) is 1. The second-order valence-electron chi connectivity index (χ2n) is 5.56. The first-order valence-corrected chi connectivity index (χ1v) is 7.99. The lowest BCUT2D eigenvalue weighted by molar-refractivity contribution is -0.116. The predicted molar refractivity (Wildman–Crippen MR) is 95.0 cm³/mol. The van der Waals surface area contributed by atoms with Crippen LogP contribution >= 0.6 is 0 Å². The number of rotatable bonds is 6. The Hall–Kier alpha value is -3.41. The molecule has 0 spiro atoms. The van der Waals surface area contributed by atoms with E-state index in [0.29, 0.717) is 17.1 Å². The van der Waals surface area contributed by atoms with E-state index in [2.05, 4.69) is 10.3 Å². The van der Waals surface area contributed by atoms with Crippen LogP contribution < -0.4 is 10.1 Å². The van der Waals surface area contributed by atoms with E-state index in [0.717, 1.165) is 5.76 Å². The van der Waals surface area contributed by atoms with Gasteiger partial charge in [0.15, 0.2) is 11.6 Å². The molecule has 0 radical (unpaired) electrons. The van der Waals surface area contributed by atoms with Crippen LogP contribution in [0.2, 0.25) is 0 Å². The van der Waals surface area contributed by atoms with E-state index in [4.69, 9.17) is 9.15 Å². The van der Waals surface area contributed by atoms with E-state index in [1.807, 2.05) is 13.0 Å². The molecule has 3 rings (SSSR count). The first kappa shape index (κ1) is 17.4. The highest BCUT2D eigenvalue weighted by Crippen LogP contribution is 2.24. The van der Waals surface area contributed by atoms with E-state index in [9.17, 15) is 9.18 Å². The van der Waals surface area contributed by atoms with E-state index >= 15 is 0 Å². The van der Waals surface area contributed by atoms with E-state index in [1.165, 1.54) is 24.4 Å². The number of carbonyl (C=O) groups is 1. The Labute approximate surface area is 150 Å². The minimum atomic E-state index is -0.512. The molecule has 0 aliphatic rings. The molecule has 0 fully saturated rings. The SMILES string of the molecule is Cc1ccc(C=CC(=O)NCc2ccc(Oc3cccnc3)c(F)c2)o1. The van der Waals surface area contributed by atoms with Gasteiger partial charge >= 0.3 is 0 Å². The average Bonchev–Trinajstić information content (AvgIpc) is 3.06. The van der Waals surface area contributed by atoms with Crippen LogP contribution in [-0.2, 0) is 11.3 Å². The fourth-order valence-corrected chi connectivity index (χ4v) is 2.22. The largest absolute Gasteiger partial charge is 0.462 e. The summed E-state index contributed by atoms with van der Waals surface area (Å²) in [5, 5.41) is 2.69. The van der Waals surface area contributed by atoms with Crippen molar-refractivity contribution < 1.29 is 18.3 Å². The number of ether oxygens (including phenoxy) is 1. The van der Waals surface area contributed by atoms with Gasteiger partial charge in [-0.05, 0) is 55.0 Å². The Bertz CT molecular complexity index is 920. The van der Waals surface area contributed by atoms with Gasteiger partial charge in [0.1, 0.15) is 17.3 Å². The zero-order valence-electron chi connectivity index (χ0n) is 14.1. The summed E-state index contributed by atoms with van der Waals surface area (Å²) in [5.41, 5.74) is 0.622. The van der Waals surface area contributed by atoms with Crippen molar-refractivity contribution in [1.82, 2.24) is 10.3 Å². The third-order valence-corrected chi connectivity index (χ3v) is 3.49. The van der Waals surface area contributed by atoms with Gasteiger partial charge < -0.3 is 14.5 Å². The molecule has 26 heavy (non-hydrogen) atoms. The number of amides is 1. The fourth-order valence-electron chi connectivity index (χ4n) is 2.22. The highest BCUT2D eigenvalue weighted by molar-refractivity contribution is 5.91. The molecule has 6 heteroatoms. The van der Waals surface area contributed by atoms with Gasteiger partial charge in [0.2, 0.25) is 5.91 Å². The summed E-state index contributed by atoms with van der Waals surface area (Å²) in [6, 6.07) is 11.5. The van der Waals surface area contributed by atoms with Crippen LogP contribution in [0, 0.1) is 12.7 Å². The van der Waals surface area contributed by atoms with Crippen molar-refractivity contribution >= 4 is 12.0 Å². The maximum atomic E-state index is 14.1. The third-order valence-electron chi connectivity index (χ3n) is 3.49. The molecule has 0 bridgehead atoms. The van der Waals surface area contributed by atoms with Gasteiger partial charge in [0, 0.05) is 18.8 Å². The van der Waals surface area contributed by atoms with Gasteiger partial charge in [-0.2, -0.15) is 0 Å². The molecule has 1 amide bonds. The monoisotopic (exact) mass is 352 g/mol. The molecule has 2 heterocycles. The maximum absolute atomic E-state index is 14.1. The van der Waals surface area contributed by atoms with Crippen molar-refractivity contribution in [2.75, 3.05) is 0 Å². The molecule has 0 saturated heterocycles. The summed E-state index contributed by atoms with van der Waals surface area (Å²) < 4.78 is 24.9. The third kappa shape index (κ3) is 4.80. The first-order chi connectivity index (χ1) is 12.6. The summed E-state index contributed by atoms with van der Waals surface area (Å²) in [5.74, 6) is 1.11. The summed E-state index contributed by atoms with van der Waals surface area (Å²) in [6.45, 7) is 2.03. The van der Waals surface area contributed by atoms with Crippen LogP contribution in [0.5, 0.6) is 11.5 Å². The van der Waals surface area contributed by atoms with Gasteiger partial charge in [-0.3, -0.25) is 9.78 Å². The van der Waals surface area contributed by atoms with Crippen molar-refractivity contribution in [3.05, 3.63) is 83.8 Å². The number of aromatic nitrogens is 1. The number of carbonyl (C=O) groups excluding carboxylic acids is 1. The molecule has 0 aliphatic carbocycles. The van der Waals surface area contributed by atoms with Gasteiger partial charge in [0.05, 0.1) is 6.20 Å². The zero-order chi connectivity index (χ0) is 18.4. The number of hydrogen-bond donors (Lipinski definition) is 1. The Morgan fingerprint density at radius 3 is 2.88 bits per heavy atom. The van der Waals surface area contributed by atoms with E-state index in [-0.39, 0.29) is 18.2 Å².